The quantitative estimate of drug-likeness (QED) is 0.242. The van der Waals surface area contributed by atoms with Gasteiger partial charge in [0.25, 0.3) is 5.91 Å². The van der Waals surface area contributed by atoms with Gasteiger partial charge in [-0.15, -0.1) is 0 Å². The van der Waals surface area contributed by atoms with Gasteiger partial charge in [-0.3, -0.25) is 18.8 Å². The van der Waals surface area contributed by atoms with Gasteiger partial charge in [0.1, 0.15) is 11.5 Å². The monoisotopic (exact) mass is 509 g/mol. The van der Waals surface area contributed by atoms with E-state index in [0.717, 1.165) is 11.1 Å². The van der Waals surface area contributed by atoms with Crippen LogP contribution in [0.4, 0.5) is 11.5 Å². The topological polar surface area (TPSA) is 140 Å². The molecule has 4 aromatic rings. The molecule has 0 aliphatic heterocycles. The third kappa shape index (κ3) is 6.33. The van der Waals surface area contributed by atoms with E-state index >= 15 is 0 Å². The Kier molecular flexibility index (Phi) is 8.31. The van der Waals surface area contributed by atoms with Gasteiger partial charge in [0.05, 0.1) is 24.6 Å². The normalized spacial score (nSPS) is 10.4. The number of carbonyl (C=O) groups is 3. The second-order valence-corrected chi connectivity index (χ2v) is 8.46. The Balaban J connectivity index is 1.66. The molecular formula is C28H27N7O3. The summed E-state index contributed by atoms with van der Waals surface area (Å²) < 4.78 is 1.81. The second-order valence-electron chi connectivity index (χ2n) is 8.46. The molecule has 38 heavy (non-hydrogen) atoms. The smallest absolute Gasteiger partial charge is 0.255 e. The van der Waals surface area contributed by atoms with Gasteiger partial charge in [-0.1, -0.05) is 42.5 Å². The number of aromatic nitrogens is 2. The van der Waals surface area contributed by atoms with Crippen LogP contribution in [0.25, 0.3) is 16.9 Å². The van der Waals surface area contributed by atoms with Crippen LogP contribution in [0.15, 0.2) is 72.9 Å². The number of anilines is 2. The molecule has 0 atom stereocenters. The summed E-state index contributed by atoms with van der Waals surface area (Å²) in [6.07, 6.45) is 2.01. The molecule has 10 heteroatoms. The maximum atomic E-state index is 13.0. The fraction of sp³-hybridized carbons (Fsp3) is 0.179. The number of imidazole rings is 1. The van der Waals surface area contributed by atoms with Crippen LogP contribution in [0.5, 0.6) is 0 Å². The van der Waals surface area contributed by atoms with Crippen molar-refractivity contribution < 1.29 is 14.4 Å². The number of amides is 3. The van der Waals surface area contributed by atoms with Crippen LogP contribution in [-0.2, 0) is 16.1 Å². The Hall–Kier alpha value is -5.17. The highest BCUT2D eigenvalue weighted by molar-refractivity contribution is 6.02. The maximum absolute atomic E-state index is 13.0. The van der Waals surface area contributed by atoms with Gasteiger partial charge in [-0.2, -0.15) is 5.26 Å². The Morgan fingerprint density at radius 3 is 2.45 bits per heavy atom. The Labute approximate surface area is 219 Å². The van der Waals surface area contributed by atoms with Gasteiger partial charge in [-0.25, -0.2) is 4.98 Å². The SMILES string of the molecule is CC(=O)Nc1ccc(-c2nc3c(C(=O)NCC(=O)NCCC#N)cccn3c2NCc2ccccc2)cc1. The highest BCUT2D eigenvalue weighted by Gasteiger charge is 2.20. The number of benzene rings is 2. The molecule has 0 aliphatic carbocycles. The molecule has 2 heterocycles. The largest absolute Gasteiger partial charge is 0.365 e. The van der Waals surface area contributed by atoms with E-state index in [1.807, 2.05) is 59.1 Å². The molecule has 3 amide bonds. The summed E-state index contributed by atoms with van der Waals surface area (Å²) in [4.78, 5) is 41.2. The molecule has 0 bridgehead atoms. The van der Waals surface area contributed by atoms with Gasteiger partial charge >= 0.3 is 0 Å². The van der Waals surface area contributed by atoms with Crippen molar-refractivity contribution in [3.63, 3.8) is 0 Å². The molecule has 4 N–H and O–H groups in total. The summed E-state index contributed by atoms with van der Waals surface area (Å²) in [5, 5.41) is 20.0. The Morgan fingerprint density at radius 1 is 0.974 bits per heavy atom. The zero-order valence-electron chi connectivity index (χ0n) is 20.8. The highest BCUT2D eigenvalue weighted by atomic mass is 16.2. The van der Waals surface area contributed by atoms with Crippen molar-refractivity contribution in [2.75, 3.05) is 23.7 Å². The third-order valence-corrected chi connectivity index (χ3v) is 5.64. The zero-order chi connectivity index (χ0) is 26.9. The average molecular weight is 510 g/mol. The van der Waals surface area contributed by atoms with Crippen molar-refractivity contribution in [3.05, 3.63) is 84.1 Å². The van der Waals surface area contributed by atoms with Crippen molar-refractivity contribution in [1.29, 1.82) is 5.26 Å². The summed E-state index contributed by atoms with van der Waals surface area (Å²) in [5.74, 6) is -0.294. The van der Waals surface area contributed by atoms with Crippen LogP contribution in [0.2, 0.25) is 0 Å². The minimum absolute atomic E-state index is 0.162. The van der Waals surface area contributed by atoms with Crippen molar-refractivity contribution in [1.82, 2.24) is 20.0 Å². The Morgan fingerprint density at radius 2 is 1.74 bits per heavy atom. The molecule has 0 fully saturated rings. The molecule has 0 saturated carbocycles. The molecule has 4 rings (SSSR count). The van der Waals surface area contributed by atoms with Gasteiger partial charge < -0.3 is 21.3 Å². The van der Waals surface area contributed by atoms with Crippen molar-refractivity contribution in [3.8, 4) is 17.3 Å². The zero-order valence-corrected chi connectivity index (χ0v) is 20.8. The summed E-state index contributed by atoms with van der Waals surface area (Å²) in [6.45, 7) is 1.99. The Bertz CT molecular complexity index is 1490. The standard InChI is InChI=1S/C28H27N7O3/c1-19(36)33-22-12-10-21(11-13-22)25-27(31-17-20-7-3-2-4-8-20)35-16-5-9-23(26(35)34-25)28(38)32-18-24(37)30-15-6-14-29/h2-5,7-13,16,31H,6,15,17-18H2,1H3,(H,30,37)(H,32,38)(H,33,36). The molecule has 2 aromatic carbocycles. The van der Waals surface area contributed by atoms with Gasteiger partial charge in [0, 0.05) is 37.5 Å². The highest BCUT2D eigenvalue weighted by Crippen LogP contribution is 2.31. The first-order chi connectivity index (χ1) is 18.5. The third-order valence-electron chi connectivity index (χ3n) is 5.64. The molecule has 0 unspecified atom stereocenters. The lowest BCUT2D eigenvalue weighted by Crippen LogP contribution is -2.37. The van der Waals surface area contributed by atoms with Crippen molar-refractivity contribution in [2.45, 2.75) is 19.9 Å². The molecular weight excluding hydrogens is 482 g/mol. The first-order valence-electron chi connectivity index (χ1n) is 12.0. The number of nitrogens with one attached hydrogen (secondary N) is 4. The van der Waals surface area contributed by atoms with E-state index in [9.17, 15) is 14.4 Å². The number of nitriles is 1. The fourth-order valence-corrected chi connectivity index (χ4v) is 3.89. The summed E-state index contributed by atoms with van der Waals surface area (Å²) in [5.41, 5.74) is 3.89. The predicted molar refractivity (Wildman–Crippen MR) is 144 cm³/mol. The van der Waals surface area contributed by atoms with Crippen molar-refractivity contribution in [2.24, 2.45) is 0 Å². The van der Waals surface area contributed by atoms with E-state index < -0.39 is 5.91 Å². The summed E-state index contributed by atoms with van der Waals surface area (Å²) >= 11 is 0. The van der Waals surface area contributed by atoms with Gasteiger partial charge in [0.15, 0.2) is 5.65 Å². The van der Waals surface area contributed by atoms with E-state index in [-0.39, 0.29) is 31.3 Å². The first kappa shape index (κ1) is 25.9. The fourth-order valence-electron chi connectivity index (χ4n) is 3.89. The number of hydrogen-bond donors (Lipinski definition) is 4. The lowest BCUT2D eigenvalue weighted by Gasteiger charge is -2.10. The van der Waals surface area contributed by atoms with Crippen LogP contribution >= 0.6 is 0 Å². The number of pyridine rings is 1. The van der Waals surface area contributed by atoms with E-state index in [2.05, 4.69) is 21.3 Å². The molecule has 0 aliphatic rings. The molecule has 0 radical (unpaired) electrons. The summed E-state index contributed by atoms with van der Waals surface area (Å²) in [7, 11) is 0. The number of fused-ring (bicyclic) bond motifs is 1. The number of rotatable bonds is 10. The van der Waals surface area contributed by atoms with Crippen LogP contribution < -0.4 is 21.3 Å². The van der Waals surface area contributed by atoms with Crippen LogP contribution in [0, 0.1) is 11.3 Å². The lowest BCUT2D eigenvalue weighted by atomic mass is 10.1. The number of nitrogens with zero attached hydrogens (tertiary/aromatic N) is 3. The second kappa shape index (κ2) is 12.2. The van der Waals surface area contributed by atoms with E-state index in [4.69, 9.17) is 10.2 Å². The van der Waals surface area contributed by atoms with E-state index in [0.29, 0.717) is 35.0 Å². The van der Waals surface area contributed by atoms with Crippen LogP contribution in [0.1, 0.15) is 29.3 Å². The minimum Gasteiger partial charge on any atom is -0.365 e. The van der Waals surface area contributed by atoms with Crippen molar-refractivity contribution >= 4 is 34.9 Å². The van der Waals surface area contributed by atoms with E-state index in [1.165, 1.54) is 6.92 Å². The lowest BCUT2D eigenvalue weighted by molar-refractivity contribution is -0.120. The van der Waals surface area contributed by atoms with Gasteiger partial charge in [-0.05, 0) is 29.8 Å². The van der Waals surface area contributed by atoms with Gasteiger partial charge in [0.2, 0.25) is 11.8 Å². The molecule has 10 nitrogen and oxygen atoms in total. The molecule has 192 valence electrons. The number of hydrogen-bond acceptors (Lipinski definition) is 6. The van der Waals surface area contributed by atoms with E-state index in [1.54, 1.807) is 24.3 Å². The maximum Gasteiger partial charge on any atom is 0.255 e. The molecule has 0 saturated heterocycles. The first-order valence-corrected chi connectivity index (χ1v) is 12.0. The summed E-state index contributed by atoms with van der Waals surface area (Å²) in [6, 6.07) is 22.5. The molecule has 0 spiro atoms. The average Bonchev–Trinajstić information content (AvgIpc) is 3.30. The van der Waals surface area contributed by atoms with Crippen LogP contribution in [-0.4, -0.2) is 40.2 Å². The number of carbonyl (C=O) groups excluding carboxylic acids is 3. The minimum atomic E-state index is -0.446. The predicted octanol–water partition coefficient (Wildman–Crippen LogP) is 3.33. The molecule has 2 aromatic heterocycles. The van der Waals surface area contributed by atoms with Crippen LogP contribution in [0.3, 0.4) is 0 Å².